The van der Waals surface area contributed by atoms with E-state index in [1.165, 1.54) is 34.5 Å². The fraction of sp³-hybridized carbons (Fsp3) is 0.600. The van der Waals surface area contributed by atoms with Gasteiger partial charge in [-0.1, -0.05) is 13.8 Å². The molecule has 1 aromatic carbocycles. The third kappa shape index (κ3) is 5.70. The molecule has 0 saturated heterocycles. The molecule has 1 amide bonds. The third-order valence-electron chi connectivity index (χ3n) is 4.82. The van der Waals surface area contributed by atoms with Crippen molar-refractivity contribution in [2.24, 2.45) is 5.92 Å². The molecule has 9 heteroatoms. The molecule has 0 aliphatic heterocycles. The standard InChI is InChI=1S/C20H30N2O6S/c1-5-22(6-2)29(25,26)18-12-16(10-11-17(18)27-4)20(24)21(13-15-8-9-15)14-19(23)28-7-3/h10-12,15H,5-9,13-14H2,1-4H3. The van der Waals surface area contributed by atoms with Crippen molar-refractivity contribution in [1.82, 2.24) is 9.21 Å². The van der Waals surface area contributed by atoms with Crippen molar-refractivity contribution >= 4 is 21.9 Å². The fourth-order valence-corrected chi connectivity index (χ4v) is 4.73. The van der Waals surface area contributed by atoms with E-state index in [1.54, 1.807) is 20.8 Å². The summed E-state index contributed by atoms with van der Waals surface area (Å²) in [6, 6.07) is 4.33. The van der Waals surface area contributed by atoms with Gasteiger partial charge in [0.15, 0.2) is 0 Å². The molecular formula is C20H30N2O6S. The molecule has 0 unspecified atom stereocenters. The van der Waals surface area contributed by atoms with Crippen LogP contribution in [0.15, 0.2) is 23.1 Å². The molecule has 1 aliphatic carbocycles. The van der Waals surface area contributed by atoms with E-state index in [2.05, 4.69) is 0 Å². The fourth-order valence-electron chi connectivity index (χ4n) is 3.09. The number of carbonyl (C=O) groups is 2. The van der Waals surface area contributed by atoms with Gasteiger partial charge in [-0.2, -0.15) is 4.31 Å². The summed E-state index contributed by atoms with van der Waals surface area (Å²) in [6.07, 6.45) is 2.02. The average Bonchev–Trinajstić information content (AvgIpc) is 3.51. The molecule has 0 heterocycles. The normalized spacial score (nSPS) is 14.0. The summed E-state index contributed by atoms with van der Waals surface area (Å²) >= 11 is 0. The quantitative estimate of drug-likeness (QED) is 0.503. The summed E-state index contributed by atoms with van der Waals surface area (Å²) < 4.78 is 37.6. The Bertz CT molecular complexity index is 831. The van der Waals surface area contributed by atoms with Crippen molar-refractivity contribution in [2.75, 3.05) is 39.9 Å². The highest BCUT2D eigenvalue weighted by molar-refractivity contribution is 7.89. The summed E-state index contributed by atoms with van der Waals surface area (Å²) in [5.74, 6) is -0.340. The van der Waals surface area contributed by atoms with Crippen LogP contribution < -0.4 is 4.74 Å². The molecule has 8 nitrogen and oxygen atoms in total. The van der Waals surface area contributed by atoms with E-state index in [0.717, 1.165) is 12.8 Å². The van der Waals surface area contributed by atoms with Gasteiger partial charge in [0.1, 0.15) is 17.2 Å². The van der Waals surface area contributed by atoms with Gasteiger partial charge in [0.25, 0.3) is 5.91 Å². The lowest BCUT2D eigenvalue weighted by Gasteiger charge is -2.23. The molecule has 0 aromatic heterocycles. The van der Waals surface area contributed by atoms with Gasteiger partial charge < -0.3 is 14.4 Å². The Balaban J connectivity index is 2.38. The Morgan fingerprint density at radius 3 is 2.31 bits per heavy atom. The van der Waals surface area contributed by atoms with Crippen LogP contribution in [-0.2, 0) is 19.6 Å². The highest BCUT2D eigenvalue weighted by Crippen LogP contribution is 2.31. The lowest BCUT2D eigenvalue weighted by Crippen LogP contribution is -2.38. The molecule has 0 spiro atoms. The van der Waals surface area contributed by atoms with E-state index in [4.69, 9.17) is 9.47 Å². The van der Waals surface area contributed by atoms with Gasteiger partial charge in [0.2, 0.25) is 10.0 Å². The molecule has 162 valence electrons. The van der Waals surface area contributed by atoms with Gasteiger partial charge >= 0.3 is 5.97 Å². The number of carbonyl (C=O) groups excluding carboxylic acids is 2. The van der Waals surface area contributed by atoms with E-state index >= 15 is 0 Å². The third-order valence-corrected chi connectivity index (χ3v) is 6.89. The van der Waals surface area contributed by atoms with Crippen molar-refractivity contribution in [3.05, 3.63) is 23.8 Å². The molecule has 0 bridgehead atoms. The monoisotopic (exact) mass is 426 g/mol. The second kappa shape index (κ2) is 10.1. The lowest BCUT2D eigenvalue weighted by molar-refractivity contribution is -0.143. The first-order chi connectivity index (χ1) is 13.8. The number of methoxy groups -OCH3 is 1. The first-order valence-electron chi connectivity index (χ1n) is 9.91. The first-order valence-corrected chi connectivity index (χ1v) is 11.3. The number of sulfonamides is 1. The van der Waals surface area contributed by atoms with Crippen LogP contribution in [0, 0.1) is 5.92 Å². The Morgan fingerprint density at radius 2 is 1.79 bits per heavy atom. The Kier molecular flexibility index (Phi) is 8.04. The van der Waals surface area contributed by atoms with Gasteiger partial charge in [-0.3, -0.25) is 9.59 Å². The minimum Gasteiger partial charge on any atom is -0.495 e. The van der Waals surface area contributed by atoms with Crippen molar-refractivity contribution < 1.29 is 27.5 Å². The van der Waals surface area contributed by atoms with Crippen LogP contribution in [0.25, 0.3) is 0 Å². The summed E-state index contributed by atoms with van der Waals surface area (Å²) in [5, 5.41) is 0. The number of benzene rings is 1. The number of ether oxygens (including phenoxy) is 2. The number of amides is 1. The molecule has 2 rings (SSSR count). The maximum atomic E-state index is 13.1. The molecule has 1 aromatic rings. The van der Waals surface area contributed by atoms with E-state index in [-0.39, 0.29) is 29.4 Å². The summed E-state index contributed by atoms with van der Waals surface area (Å²) in [5.41, 5.74) is 0.196. The van der Waals surface area contributed by atoms with E-state index in [0.29, 0.717) is 25.6 Å². The molecule has 1 fully saturated rings. The van der Waals surface area contributed by atoms with Crippen molar-refractivity contribution in [3.8, 4) is 5.75 Å². The van der Waals surface area contributed by atoms with Crippen molar-refractivity contribution in [1.29, 1.82) is 0 Å². The Labute approximate surface area is 172 Å². The van der Waals surface area contributed by atoms with Gasteiger partial charge in [-0.05, 0) is 43.9 Å². The van der Waals surface area contributed by atoms with Crippen LogP contribution in [0.3, 0.4) is 0 Å². The van der Waals surface area contributed by atoms with Crippen LogP contribution >= 0.6 is 0 Å². The summed E-state index contributed by atoms with van der Waals surface area (Å²) in [6.45, 7) is 6.33. The molecule has 1 saturated carbocycles. The number of rotatable bonds is 11. The Morgan fingerprint density at radius 1 is 1.14 bits per heavy atom. The molecule has 0 N–H and O–H groups in total. The molecular weight excluding hydrogens is 396 g/mol. The zero-order chi connectivity index (χ0) is 21.6. The molecule has 29 heavy (non-hydrogen) atoms. The highest BCUT2D eigenvalue weighted by atomic mass is 32.2. The number of nitrogens with zero attached hydrogens (tertiary/aromatic N) is 2. The largest absolute Gasteiger partial charge is 0.495 e. The number of esters is 1. The van der Waals surface area contributed by atoms with Gasteiger partial charge in [-0.15, -0.1) is 0 Å². The van der Waals surface area contributed by atoms with E-state index in [9.17, 15) is 18.0 Å². The van der Waals surface area contributed by atoms with Crippen LogP contribution in [-0.4, -0.2) is 69.4 Å². The maximum absolute atomic E-state index is 13.1. The smallest absolute Gasteiger partial charge is 0.325 e. The average molecular weight is 427 g/mol. The van der Waals surface area contributed by atoms with E-state index in [1.807, 2.05) is 0 Å². The van der Waals surface area contributed by atoms with Crippen LogP contribution in [0.5, 0.6) is 5.75 Å². The van der Waals surface area contributed by atoms with Gasteiger partial charge in [0, 0.05) is 25.2 Å². The topological polar surface area (TPSA) is 93.2 Å². The lowest BCUT2D eigenvalue weighted by atomic mass is 10.1. The molecule has 0 atom stereocenters. The zero-order valence-electron chi connectivity index (χ0n) is 17.5. The second-order valence-electron chi connectivity index (χ2n) is 6.89. The molecule has 0 radical (unpaired) electrons. The summed E-state index contributed by atoms with van der Waals surface area (Å²) in [7, 11) is -2.43. The zero-order valence-corrected chi connectivity index (χ0v) is 18.3. The van der Waals surface area contributed by atoms with Crippen molar-refractivity contribution in [3.63, 3.8) is 0 Å². The van der Waals surface area contributed by atoms with Gasteiger partial charge in [-0.25, -0.2) is 8.42 Å². The number of hydrogen-bond donors (Lipinski definition) is 0. The molecule has 1 aliphatic rings. The van der Waals surface area contributed by atoms with Crippen LogP contribution in [0.2, 0.25) is 0 Å². The summed E-state index contributed by atoms with van der Waals surface area (Å²) in [4.78, 5) is 26.4. The second-order valence-corrected chi connectivity index (χ2v) is 8.80. The van der Waals surface area contributed by atoms with E-state index < -0.39 is 21.9 Å². The Hall–Kier alpha value is -2.13. The minimum absolute atomic E-state index is 0.0583. The predicted octanol–water partition coefficient (Wildman–Crippen LogP) is 2.14. The minimum atomic E-state index is -3.82. The predicted molar refractivity (Wildman–Crippen MR) is 108 cm³/mol. The van der Waals surface area contributed by atoms with Crippen molar-refractivity contribution in [2.45, 2.75) is 38.5 Å². The van der Waals surface area contributed by atoms with Crippen LogP contribution in [0.4, 0.5) is 0 Å². The maximum Gasteiger partial charge on any atom is 0.325 e. The van der Waals surface area contributed by atoms with Crippen LogP contribution in [0.1, 0.15) is 44.0 Å². The van der Waals surface area contributed by atoms with Gasteiger partial charge in [0.05, 0.1) is 13.7 Å². The SMILES string of the molecule is CCOC(=O)CN(CC1CC1)C(=O)c1ccc(OC)c(S(=O)(=O)N(CC)CC)c1. The number of hydrogen-bond acceptors (Lipinski definition) is 6. The first kappa shape index (κ1) is 23.2. The highest BCUT2D eigenvalue weighted by Gasteiger charge is 2.31.